The van der Waals surface area contributed by atoms with Crippen LogP contribution in [0.25, 0.3) is 0 Å². The van der Waals surface area contributed by atoms with Crippen molar-refractivity contribution < 1.29 is 4.74 Å². The third-order valence-corrected chi connectivity index (χ3v) is 0.988. The predicted octanol–water partition coefficient (Wildman–Crippen LogP) is 1.87. The molecule has 2 N–H and O–H groups in total. The van der Waals surface area contributed by atoms with Gasteiger partial charge in [0, 0.05) is 0 Å². The second-order valence-corrected chi connectivity index (χ2v) is 2.45. The molecule has 0 bridgehead atoms. The highest BCUT2D eigenvalue weighted by Gasteiger charge is 1.98. The number of nitrogens with two attached hydrogens (primary N) is 1. The highest BCUT2D eigenvalue weighted by Crippen LogP contribution is 2.07. The van der Waals surface area contributed by atoms with E-state index in [0.717, 1.165) is 0 Å². The Kier molecular flexibility index (Phi) is 5.59. The zero-order chi connectivity index (χ0) is 10.3. The van der Waals surface area contributed by atoms with Gasteiger partial charge in [-0.25, -0.2) is 0 Å². The fourth-order valence-electron chi connectivity index (χ4n) is 0.661. The van der Waals surface area contributed by atoms with Gasteiger partial charge in [-0.05, 0) is 13.8 Å². The lowest BCUT2D eigenvalue weighted by Crippen LogP contribution is -2.07. The topological polar surface area (TPSA) is 61.0 Å². The molecule has 0 radical (unpaired) electrons. The van der Waals surface area contributed by atoms with Crippen molar-refractivity contribution in [1.82, 2.24) is 9.97 Å². The molecule has 0 saturated carbocycles. The Morgan fingerprint density at radius 1 is 1.31 bits per heavy atom. The summed E-state index contributed by atoms with van der Waals surface area (Å²) in [7, 11) is 0. The van der Waals surface area contributed by atoms with Crippen molar-refractivity contribution in [2.24, 2.45) is 0 Å². The van der Waals surface area contributed by atoms with Crippen LogP contribution in [0.3, 0.4) is 0 Å². The average Bonchev–Trinajstić information content (AvgIpc) is 2.06. The number of ether oxygens (including phenoxy) is 1. The molecule has 4 heteroatoms. The zero-order valence-corrected chi connectivity index (χ0v) is 8.61. The number of anilines is 1. The summed E-state index contributed by atoms with van der Waals surface area (Å²) in [6.07, 6.45) is 3.12. The minimum atomic E-state index is 0.103. The first-order valence-corrected chi connectivity index (χ1v) is 4.42. The third kappa shape index (κ3) is 5.00. The Labute approximate surface area is 79.2 Å². The van der Waals surface area contributed by atoms with Crippen molar-refractivity contribution in [2.45, 2.75) is 33.8 Å². The molecule has 0 aliphatic rings. The Balaban J connectivity index is 0.000000671. The molecule has 1 aromatic rings. The van der Waals surface area contributed by atoms with E-state index in [1.807, 2.05) is 27.7 Å². The maximum Gasteiger partial charge on any atom is 0.234 e. The molecule has 1 rings (SSSR count). The first-order chi connectivity index (χ1) is 6.18. The monoisotopic (exact) mass is 183 g/mol. The van der Waals surface area contributed by atoms with Crippen LogP contribution in [0.15, 0.2) is 12.4 Å². The van der Waals surface area contributed by atoms with E-state index in [9.17, 15) is 0 Å². The van der Waals surface area contributed by atoms with Gasteiger partial charge < -0.3 is 10.5 Å². The molecule has 0 aliphatic heterocycles. The van der Waals surface area contributed by atoms with Gasteiger partial charge in [0.1, 0.15) is 5.82 Å². The molecule has 0 atom stereocenters. The van der Waals surface area contributed by atoms with Gasteiger partial charge in [-0.1, -0.05) is 13.8 Å². The molecule has 13 heavy (non-hydrogen) atoms. The quantitative estimate of drug-likeness (QED) is 0.760. The van der Waals surface area contributed by atoms with E-state index < -0.39 is 0 Å². The van der Waals surface area contributed by atoms with Crippen LogP contribution in [-0.4, -0.2) is 16.1 Å². The van der Waals surface area contributed by atoms with Crippen LogP contribution in [0.5, 0.6) is 5.88 Å². The van der Waals surface area contributed by atoms with Gasteiger partial charge >= 0.3 is 0 Å². The average molecular weight is 183 g/mol. The molecule has 1 aromatic heterocycles. The Morgan fingerprint density at radius 2 is 1.92 bits per heavy atom. The lowest BCUT2D eigenvalue weighted by atomic mass is 10.5. The molecule has 0 saturated heterocycles. The normalized spacial score (nSPS) is 9.00. The lowest BCUT2D eigenvalue weighted by molar-refractivity contribution is 0.232. The maximum absolute atomic E-state index is 5.38. The fraction of sp³-hybridized carbons (Fsp3) is 0.556. The summed E-state index contributed by atoms with van der Waals surface area (Å²) in [5, 5.41) is 0. The van der Waals surface area contributed by atoms with E-state index in [-0.39, 0.29) is 6.10 Å². The maximum atomic E-state index is 5.38. The number of nitrogen functional groups attached to an aromatic ring is 1. The van der Waals surface area contributed by atoms with Crippen molar-refractivity contribution in [2.75, 3.05) is 5.73 Å². The highest BCUT2D eigenvalue weighted by molar-refractivity contribution is 5.25. The molecule has 74 valence electrons. The third-order valence-electron chi connectivity index (χ3n) is 0.988. The lowest BCUT2D eigenvalue weighted by Gasteiger charge is -2.07. The van der Waals surface area contributed by atoms with Crippen LogP contribution in [0.1, 0.15) is 27.7 Å². The first-order valence-electron chi connectivity index (χ1n) is 4.42. The Bertz CT molecular complexity index is 238. The smallest absolute Gasteiger partial charge is 0.234 e. The number of nitrogens with zero attached hydrogens (tertiary/aromatic N) is 2. The van der Waals surface area contributed by atoms with E-state index in [0.29, 0.717) is 11.7 Å². The first kappa shape index (κ1) is 11.7. The minimum absolute atomic E-state index is 0.103. The van der Waals surface area contributed by atoms with Crippen molar-refractivity contribution in [3.05, 3.63) is 12.4 Å². The summed E-state index contributed by atoms with van der Waals surface area (Å²) in [6, 6.07) is 0. The van der Waals surface area contributed by atoms with Crippen molar-refractivity contribution in [3.8, 4) is 5.88 Å². The number of hydrogen-bond donors (Lipinski definition) is 1. The van der Waals surface area contributed by atoms with Crippen molar-refractivity contribution in [3.63, 3.8) is 0 Å². The largest absolute Gasteiger partial charge is 0.474 e. The fourth-order valence-corrected chi connectivity index (χ4v) is 0.661. The van der Waals surface area contributed by atoms with E-state index in [1.165, 1.54) is 12.4 Å². The predicted molar refractivity (Wildman–Crippen MR) is 53.6 cm³/mol. The van der Waals surface area contributed by atoms with E-state index in [2.05, 4.69) is 9.97 Å². The van der Waals surface area contributed by atoms with Gasteiger partial charge in [-0.3, -0.25) is 4.98 Å². The van der Waals surface area contributed by atoms with Crippen LogP contribution in [-0.2, 0) is 0 Å². The summed E-state index contributed by atoms with van der Waals surface area (Å²) < 4.78 is 5.24. The molecule has 0 spiro atoms. The second-order valence-electron chi connectivity index (χ2n) is 2.45. The summed E-state index contributed by atoms with van der Waals surface area (Å²) in [5.74, 6) is 0.850. The van der Waals surface area contributed by atoms with Gasteiger partial charge in [0.25, 0.3) is 0 Å². The minimum Gasteiger partial charge on any atom is -0.474 e. The SMILES string of the molecule is CC.CC(C)Oc1cncc(N)n1. The van der Waals surface area contributed by atoms with Crippen LogP contribution in [0.2, 0.25) is 0 Å². The highest BCUT2D eigenvalue weighted by atomic mass is 16.5. The molecular formula is C9H17N3O. The molecular weight excluding hydrogens is 166 g/mol. The summed E-state index contributed by atoms with van der Waals surface area (Å²) in [5.41, 5.74) is 5.38. The van der Waals surface area contributed by atoms with Gasteiger partial charge in [0.05, 0.1) is 18.5 Å². The van der Waals surface area contributed by atoms with E-state index >= 15 is 0 Å². The zero-order valence-electron chi connectivity index (χ0n) is 8.61. The van der Waals surface area contributed by atoms with Crippen molar-refractivity contribution >= 4 is 5.82 Å². The van der Waals surface area contributed by atoms with Crippen LogP contribution >= 0.6 is 0 Å². The number of rotatable bonds is 2. The number of aromatic nitrogens is 2. The molecule has 0 aliphatic carbocycles. The van der Waals surface area contributed by atoms with Gasteiger partial charge in [0.15, 0.2) is 0 Å². The van der Waals surface area contributed by atoms with Crippen LogP contribution < -0.4 is 10.5 Å². The summed E-state index contributed by atoms with van der Waals surface area (Å²) in [4.78, 5) is 7.73. The Morgan fingerprint density at radius 3 is 2.38 bits per heavy atom. The van der Waals surface area contributed by atoms with Crippen LogP contribution in [0.4, 0.5) is 5.82 Å². The molecule has 0 aromatic carbocycles. The molecule has 4 nitrogen and oxygen atoms in total. The van der Waals surface area contributed by atoms with E-state index in [4.69, 9.17) is 10.5 Å². The molecule has 1 heterocycles. The molecule has 0 amide bonds. The Hall–Kier alpha value is -1.32. The molecule has 0 fully saturated rings. The second kappa shape index (κ2) is 6.22. The molecule has 0 unspecified atom stereocenters. The standard InChI is InChI=1S/C7H11N3O.C2H6/c1-5(2)11-7-4-9-3-6(8)10-7;1-2/h3-5H,1-2H3,(H2,8,10);1-2H3. The van der Waals surface area contributed by atoms with Crippen molar-refractivity contribution in [1.29, 1.82) is 0 Å². The van der Waals surface area contributed by atoms with Gasteiger partial charge in [-0.2, -0.15) is 4.98 Å². The van der Waals surface area contributed by atoms with Gasteiger partial charge in [0.2, 0.25) is 5.88 Å². The van der Waals surface area contributed by atoms with E-state index in [1.54, 1.807) is 0 Å². The number of hydrogen-bond acceptors (Lipinski definition) is 4. The van der Waals surface area contributed by atoms with Gasteiger partial charge in [-0.15, -0.1) is 0 Å². The summed E-state index contributed by atoms with van der Waals surface area (Å²) >= 11 is 0. The summed E-state index contributed by atoms with van der Waals surface area (Å²) in [6.45, 7) is 7.84. The van der Waals surface area contributed by atoms with Crippen LogP contribution in [0, 0.1) is 0 Å².